The summed E-state index contributed by atoms with van der Waals surface area (Å²) in [5.74, 6) is -1.78. The van der Waals surface area contributed by atoms with E-state index in [9.17, 15) is 24.5 Å². The largest absolute Gasteiger partial charge is 0.481 e. The van der Waals surface area contributed by atoms with Crippen molar-refractivity contribution >= 4 is 18.0 Å². The normalized spacial score (nSPS) is 17.1. The lowest BCUT2D eigenvalue weighted by Gasteiger charge is -2.36. The van der Waals surface area contributed by atoms with Gasteiger partial charge in [-0.1, -0.05) is 19.3 Å². The van der Waals surface area contributed by atoms with Gasteiger partial charge in [-0.25, -0.2) is 9.59 Å². The molecule has 178 valence electrons. The van der Waals surface area contributed by atoms with Gasteiger partial charge in [0.2, 0.25) is 6.29 Å². The molecule has 1 saturated carbocycles. The van der Waals surface area contributed by atoms with Crippen molar-refractivity contribution in [1.29, 1.82) is 0 Å². The summed E-state index contributed by atoms with van der Waals surface area (Å²) >= 11 is 0. The Labute approximate surface area is 179 Å². The Morgan fingerprint density at radius 1 is 1.16 bits per heavy atom. The molecule has 1 unspecified atom stereocenters. The summed E-state index contributed by atoms with van der Waals surface area (Å²) < 4.78 is 19.6. The molecule has 1 fully saturated rings. The first-order valence-corrected chi connectivity index (χ1v) is 9.89. The highest BCUT2D eigenvalue weighted by Gasteiger charge is 2.35. The van der Waals surface area contributed by atoms with E-state index in [1.54, 1.807) is 0 Å². The molecule has 2 N–H and O–H groups in total. The van der Waals surface area contributed by atoms with E-state index < -0.39 is 47.5 Å². The Bertz CT molecular complexity index is 607. The van der Waals surface area contributed by atoms with E-state index in [-0.39, 0.29) is 26.2 Å². The molecular formula is C18H30N2O11. The molecule has 2 atom stereocenters. The maximum absolute atomic E-state index is 12.0. The summed E-state index contributed by atoms with van der Waals surface area (Å²) in [5.41, 5.74) is -0.512. The van der Waals surface area contributed by atoms with Gasteiger partial charge < -0.3 is 34.2 Å². The zero-order valence-corrected chi connectivity index (χ0v) is 17.7. The van der Waals surface area contributed by atoms with Gasteiger partial charge in [-0.15, -0.1) is 10.1 Å². The van der Waals surface area contributed by atoms with Crippen molar-refractivity contribution in [3.63, 3.8) is 0 Å². The van der Waals surface area contributed by atoms with E-state index in [0.29, 0.717) is 12.8 Å². The maximum Gasteiger partial charge on any atom is 0.410 e. The monoisotopic (exact) mass is 450 g/mol. The zero-order valence-electron chi connectivity index (χ0n) is 17.7. The number of ether oxygens (including phenoxy) is 4. The number of methoxy groups -OCH3 is 1. The van der Waals surface area contributed by atoms with Gasteiger partial charge >= 0.3 is 18.0 Å². The summed E-state index contributed by atoms with van der Waals surface area (Å²) in [5, 5.41) is 21.1. The molecule has 0 bridgehead atoms. The van der Waals surface area contributed by atoms with Crippen molar-refractivity contribution in [3.8, 4) is 0 Å². The van der Waals surface area contributed by atoms with Crippen molar-refractivity contribution in [2.24, 2.45) is 5.41 Å². The van der Waals surface area contributed by atoms with Gasteiger partial charge in [0.1, 0.15) is 6.61 Å². The van der Waals surface area contributed by atoms with Gasteiger partial charge in [0.15, 0.2) is 6.10 Å². The lowest BCUT2D eigenvalue weighted by molar-refractivity contribution is -0.769. The Morgan fingerprint density at radius 3 is 2.42 bits per heavy atom. The number of carboxylic acids is 1. The summed E-state index contributed by atoms with van der Waals surface area (Å²) in [7, 11) is 1.33. The van der Waals surface area contributed by atoms with Gasteiger partial charge in [0.25, 0.3) is 5.09 Å². The SMILES string of the molecule is COC[C@H](COCC(=O)OC(C)OC(=O)NCC1(CC(=O)O)CCCCC1)O[N+](=O)[O-]. The number of esters is 1. The Kier molecular flexibility index (Phi) is 11.6. The Hall–Kier alpha value is -2.67. The number of carbonyl (C=O) groups is 3. The predicted molar refractivity (Wildman–Crippen MR) is 102 cm³/mol. The fourth-order valence-electron chi connectivity index (χ4n) is 3.42. The van der Waals surface area contributed by atoms with Crippen LogP contribution in [0.2, 0.25) is 0 Å². The number of aliphatic carboxylic acids is 1. The van der Waals surface area contributed by atoms with Crippen molar-refractivity contribution in [2.75, 3.05) is 33.5 Å². The van der Waals surface area contributed by atoms with Crippen LogP contribution in [-0.2, 0) is 33.4 Å². The van der Waals surface area contributed by atoms with Crippen molar-refractivity contribution in [2.45, 2.75) is 57.8 Å². The molecule has 1 amide bonds. The molecule has 0 saturated heterocycles. The van der Waals surface area contributed by atoms with Crippen LogP contribution in [0.1, 0.15) is 45.4 Å². The zero-order chi connectivity index (χ0) is 23.3. The number of nitrogens with zero attached hydrogens (tertiary/aromatic N) is 1. The van der Waals surface area contributed by atoms with Crippen LogP contribution < -0.4 is 5.32 Å². The van der Waals surface area contributed by atoms with Gasteiger partial charge in [-0.3, -0.25) is 4.79 Å². The minimum Gasteiger partial charge on any atom is -0.481 e. The lowest BCUT2D eigenvalue weighted by Crippen LogP contribution is -2.41. The first kappa shape index (κ1) is 26.4. The molecule has 0 spiro atoms. The summed E-state index contributed by atoms with van der Waals surface area (Å²) in [6, 6.07) is 0. The Balaban J connectivity index is 2.34. The van der Waals surface area contributed by atoms with E-state index in [1.165, 1.54) is 14.0 Å². The second-order valence-corrected chi connectivity index (χ2v) is 7.37. The molecule has 0 aromatic rings. The third-order valence-corrected chi connectivity index (χ3v) is 4.73. The highest BCUT2D eigenvalue weighted by molar-refractivity contribution is 5.71. The number of carboxylic acid groups (broad SMARTS) is 1. The molecule has 0 aliphatic heterocycles. The van der Waals surface area contributed by atoms with Crippen LogP contribution in [0.25, 0.3) is 0 Å². The number of hydrogen-bond acceptors (Lipinski definition) is 10. The van der Waals surface area contributed by atoms with E-state index in [4.69, 9.17) is 24.1 Å². The van der Waals surface area contributed by atoms with Gasteiger partial charge in [-0.05, 0) is 18.3 Å². The molecule has 0 aromatic carbocycles. The van der Waals surface area contributed by atoms with E-state index in [1.807, 2.05) is 0 Å². The van der Waals surface area contributed by atoms with Crippen LogP contribution in [0, 0.1) is 15.5 Å². The number of carbonyl (C=O) groups excluding carboxylic acids is 2. The number of amides is 1. The molecule has 31 heavy (non-hydrogen) atoms. The van der Waals surface area contributed by atoms with Crippen LogP contribution in [0.4, 0.5) is 4.79 Å². The summed E-state index contributed by atoms with van der Waals surface area (Å²) in [4.78, 5) is 49.6. The van der Waals surface area contributed by atoms with Crippen molar-refractivity contribution in [1.82, 2.24) is 5.32 Å². The molecule has 13 heteroatoms. The molecule has 13 nitrogen and oxygen atoms in total. The van der Waals surface area contributed by atoms with Gasteiger partial charge in [0, 0.05) is 20.6 Å². The van der Waals surface area contributed by atoms with E-state index in [2.05, 4.69) is 10.2 Å². The van der Waals surface area contributed by atoms with Crippen LogP contribution in [0.15, 0.2) is 0 Å². The molecule has 1 aliphatic rings. The first-order valence-electron chi connectivity index (χ1n) is 9.89. The molecule has 0 aromatic heterocycles. The number of alkyl carbamates (subject to hydrolysis) is 1. The number of rotatable bonds is 14. The Morgan fingerprint density at radius 2 is 1.84 bits per heavy atom. The fourth-order valence-corrected chi connectivity index (χ4v) is 3.42. The topological polar surface area (TPSA) is 173 Å². The minimum absolute atomic E-state index is 0.0423. The highest BCUT2D eigenvalue weighted by atomic mass is 17.0. The second-order valence-electron chi connectivity index (χ2n) is 7.37. The highest BCUT2D eigenvalue weighted by Crippen LogP contribution is 2.38. The number of hydrogen-bond donors (Lipinski definition) is 2. The van der Waals surface area contributed by atoms with E-state index >= 15 is 0 Å². The quantitative estimate of drug-likeness (QED) is 0.169. The molecule has 0 radical (unpaired) electrons. The number of nitrogens with one attached hydrogen (secondary N) is 1. The van der Waals surface area contributed by atoms with Gasteiger partial charge in [0.05, 0.1) is 19.6 Å². The fraction of sp³-hybridized carbons (Fsp3) is 0.833. The maximum atomic E-state index is 12.0. The van der Waals surface area contributed by atoms with Crippen LogP contribution in [0.5, 0.6) is 0 Å². The smallest absolute Gasteiger partial charge is 0.410 e. The van der Waals surface area contributed by atoms with E-state index in [0.717, 1.165) is 19.3 Å². The van der Waals surface area contributed by atoms with Crippen LogP contribution >= 0.6 is 0 Å². The minimum atomic E-state index is -1.22. The summed E-state index contributed by atoms with van der Waals surface area (Å²) in [6.45, 7) is 0.538. The van der Waals surface area contributed by atoms with Crippen molar-refractivity contribution in [3.05, 3.63) is 10.1 Å². The van der Waals surface area contributed by atoms with Crippen LogP contribution in [0.3, 0.4) is 0 Å². The van der Waals surface area contributed by atoms with Gasteiger partial charge in [-0.2, -0.15) is 0 Å². The average molecular weight is 450 g/mol. The average Bonchev–Trinajstić information content (AvgIpc) is 2.66. The third-order valence-electron chi connectivity index (χ3n) is 4.73. The second kappa shape index (κ2) is 13.6. The molecular weight excluding hydrogens is 420 g/mol. The lowest BCUT2D eigenvalue weighted by atomic mass is 9.72. The standard InChI is InChI=1S/C18H30N2O11/c1-13(29-16(23)11-28-10-14(9-27-2)31-20(25)26)30-17(24)19-12-18(8-15(21)22)6-4-3-5-7-18/h13-14H,3-12H2,1-2H3,(H,19,24)(H,21,22)/t13?,14-/m1/s1. The summed E-state index contributed by atoms with van der Waals surface area (Å²) in [6.07, 6.45) is 1.12. The molecule has 0 heterocycles. The molecule has 1 aliphatic carbocycles. The predicted octanol–water partition coefficient (Wildman–Crippen LogP) is 1.27. The van der Waals surface area contributed by atoms with Crippen LogP contribution in [-0.4, -0.2) is 74.1 Å². The van der Waals surface area contributed by atoms with Crippen molar-refractivity contribution < 1.29 is 48.4 Å². The first-order chi connectivity index (χ1) is 14.7. The molecule has 1 rings (SSSR count). The third kappa shape index (κ3) is 11.3.